The number of hydrogen-bond acceptors (Lipinski definition) is 6. The number of aryl methyl sites for hydroxylation is 2. The van der Waals surface area contributed by atoms with Crippen LogP contribution in [0.3, 0.4) is 0 Å². The first-order valence-electron chi connectivity index (χ1n) is 5.12. The molecule has 7 heteroatoms. The van der Waals surface area contributed by atoms with Crippen LogP contribution in [0.2, 0.25) is 0 Å². The molecule has 16 heavy (non-hydrogen) atoms. The summed E-state index contributed by atoms with van der Waals surface area (Å²) >= 11 is 1.37. The van der Waals surface area contributed by atoms with Gasteiger partial charge in [0.1, 0.15) is 0 Å². The van der Waals surface area contributed by atoms with Crippen LogP contribution in [0.5, 0.6) is 0 Å². The van der Waals surface area contributed by atoms with E-state index in [2.05, 4.69) is 26.8 Å². The molecule has 2 aromatic rings. The van der Waals surface area contributed by atoms with E-state index in [-0.39, 0.29) is 6.04 Å². The lowest BCUT2D eigenvalue weighted by molar-refractivity contribution is 0.694. The maximum atomic E-state index is 6.11. The number of hydrogen-bond donors (Lipinski definition) is 1. The second kappa shape index (κ2) is 4.67. The van der Waals surface area contributed by atoms with E-state index < -0.39 is 0 Å². The summed E-state index contributed by atoms with van der Waals surface area (Å²) in [7, 11) is 1.84. The highest BCUT2D eigenvalue weighted by atomic mass is 32.1. The molecule has 0 saturated carbocycles. The molecule has 6 nitrogen and oxygen atoms in total. The van der Waals surface area contributed by atoms with Gasteiger partial charge in [0.05, 0.1) is 16.3 Å². The molecule has 0 amide bonds. The molecule has 0 spiro atoms. The molecule has 2 N–H and O–H groups in total. The number of aromatic nitrogens is 5. The van der Waals surface area contributed by atoms with Gasteiger partial charge in [0.2, 0.25) is 0 Å². The summed E-state index contributed by atoms with van der Waals surface area (Å²) in [4.78, 5) is 1.05. The lowest BCUT2D eigenvalue weighted by atomic mass is 10.1. The first-order valence-corrected chi connectivity index (χ1v) is 5.90. The zero-order valence-electron chi connectivity index (χ0n) is 9.29. The average Bonchev–Trinajstić information content (AvgIpc) is 2.86. The van der Waals surface area contributed by atoms with Crippen molar-refractivity contribution >= 4 is 11.5 Å². The second-order valence-electron chi connectivity index (χ2n) is 3.63. The van der Waals surface area contributed by atoms with Crippen LogP contribution in [0.15, 0.2) is 6.20 Å². The Morgan fingerprint density at radius 2 is 2.31 bits per heavy atom. The number of nitrogens with two attached hydrogens (primary N) is 1. The topological polar surface area (TPSA) is 82.5 Å². The van der Waals surface area contributed by atoms with Crippen LogP contribution in [0.25, 0.3) is 0 Å². The maximum absolute atomic E-state index is 6.11. The first kappa shape index (κ1) is 11.2. The summed E-state index contributed by atoms with van der Waals surface area (Å²) in [5.41, 5.74) is 7.99. The Balaban J connectivity index is 2.11. The molecule has 0 aliphatic rings. The van der Waals surface area contributed by atoms with Crippen molar-refractivity contribution in [3.05, 3.63) is 22.5 Å². The summed E-state index contributed by atoms with van der Waals surface area (Å²) in [5, 5.41) is 11.9. The molecule has 2 aromatic heterocycles. The molecule has 0 aliphatic carbocycles. The summed E-state index contributed by atoms with van der Waals surface area (Å²) in [6.07, 6.45) is 3.41. The lowest BCUT2D eigenvalue weighted by Gasteiger charge is -2.07. The Kier molecular flexibility index (Phi) is 3.25. The average molecular weight is 238 g/mol. The first-order chi connectivity index (χ1) is 7.70. The highest BCUT2D eigenvalue weighted by Gasteiger charge is 2.16. The van der Waals surface area contributed by atoms with E-state index in [1.807, 2.05) is 13.2 Å². The van der Waals surface area contributed by atoms with Crippen LogP contribution < -0.4 is 5.73 Å². The summed E-state index contributed by atoms with van der Waals surface area (Å²) in [6, 6.07) is -0.0911. The van der Waals surface area contributed by atoms with Crippen molar-refractivity contribution in [2.24, 2.45) is 12.8 Å². The van der Waals surface area contributed by atoms with Gasteiger partial charge in [-0.2, -0.15) is 0 Å². The molecule has 0 saturated heterocycles. The molecule has 0 aromatic carbocycles. The Bertz CT molecular complexity index is 462. The third kappa shape index (κ3) is 2.25. The largest absolute Gasteiger partial charge is 0.323 e. The van der Waals surface area contributed by atoms with Crippen molar-refractivity contribution < 1.29 is 0 Å². The monoisotopic (exact) mass is 238 g/mol. The van der Waals surface area contributed by atoms with Crippen molar-refractivity contribution in [2.45, 2.75) is 25.8 Å². The maximum Gasteiger partial charge on any atom is 0.0846 e. The van der Waals surface area contributed by atoms with E-state index in [1.165, 1.54) is 11.5 Å². The van der Waals surface area contributed by atoms with Crippen molar-refractivity contribution in [3.8, 4) is 0 Å². The van der Waals surface area contributed by atoms with Crippen molar-refractivity contribution in [3.63, 3.8) is 0 Å². The van der Waals surface area contributed by atoms with Crippen molar-refractivity contribution in [1.29, 1.82) is 0 Å². The molecule has 2 rings (SSSR count). The van der Waals surface area contributed by atoms with Crippen LogP contribution in [0.1, 0.15) is 29.2 Å². The van der Waals surface area contributed by atoms with Crippen LogP contribution in [-0.2, 0) is 19.9 Å². The smallest absolute Gasteiger partial charge is 0.0846 e. The molecule has 0 fully saturated rings. The molecule has 0 radical (unpaired) electrons. The molecule has 86 valence electrons. The normalized spacial score (nSPS) is 12.9. The van der Waals surface area contributed by atoms with Gasteiger partial charge in [-0.1, -0.05) is 16.6 Å². The van der Waals surface area contributed by atoms with Crippen molar-refractivity contribution in [1.82, 2.24) is 24.6 Å². The predicted octanol–water partition coefficient (Wildman–Crippen LogP) is 0.472. The predicted molar refractivity (Wildman–Crippen MR) is 60.9 cm³/mol. The zero-order chi connectivity index (χ0) is 11.5. The minimum absolute atomic E-state index is 0.0911. The van der Waals surface area contributed by atoms with Gasteiger partial charge in [-0.05, 0) is 18.0 Å². The van der Waals surface area contributed by atoms with E-state index in [0.717, 1.165) is 22.7 Å². The SMILES string of the molecule is CCc1nnsc1C(N)Cc1cn(C)nn1. The molecule has 0 bridgehead atoms. The van der Waals surface area contributed by atoms with Crippen LogP contribution in [-0.4, -0.2) is 24.6 Å². The molecular formula is C9H14N6S. The van der Waals surface area contributed by atoms with E-state index in [4.69, 9.17) is 5.73 Å². The van der Waals surface area contributed by atoms with Gasteiger partial charge in [0, 0.05) is 25.7 Å². The Hall–Kier alpha value is -1.34. The Morgan fingerprint density at radius 3 is 2.94 bits per heavy atom. The zero-order valence-corrected chi connectivity index (χ0v) is 10.1. The van der Waals surface area contributed by atoms with Crippen LogP contribution in [0, 0.1) is 0 Å². The third-order valence-electron chi connectivity index (χ3n) is 2.34. The minimum atomic E-state index is -0.0911. The third-order valence-corrected chi connectivity index (χ3v) is 3.23. The highest BCUT2D eigenvalue weighted by molar-refractivity contribution is 7.05. The van der Waals surface area contributed by atoms with Crippen molar-refractivity contribution in [2.75, 3.05) is 0 Å². The van der Waals surface area contributed by atoms with E-state index >= 15 is 0 Å². The van der Waals surface area contributed by atoms with Gasteiger partial charge in [-0.25, -0.2) is 0 Å². The lowest BCUT2D eigenvalue weighted by Crippen LogP contribution is -2.14. The summed E-state index contributed by atoms with van der Waals surface area (Å²) < 4.78 is 5.61. The quantitative estimate of drug-likeness (QED) is 0.837. The van der Waals surface area contributed by atoms with Gasteiger partial charge in [0.25, 0.3) is 0 Å². The minimum Gasteiger partial charge on any atom is -0.323 e. The fraction of sp³-hybridized carbons (Fsp3) is 0.556. The molecular weight excluding hydrogens is 224 g/mol. The van der Waals surface area contributed by atoms with E-state index in [1.54, 1.807) is 4.68 Å². The standard InChI is InChI=1S/C9H14N6S/c1-3-8-9(16-14-12-8)7(10)4-6-5-15(2)13-11-6/h5,7H,3-4,10H2,1-2H3. The van der Waals surface area contributed by atoms with E-state index in [0.29, 0.717) is 6.42 Å². The van der Waals surface area contributed by atoms with Gasteiger partial charge in [-0.15, -0.1) is 10.2 Å². The summed E-state index contributed by atoms with van der Waals surface area (Å²) in [6.45, 7) is 2.05. The fourth-order valence-electron chi connectivity index (χ4n) is 1.55. The number of rotatable bonds is 4. The molecule has 0 aliphatic heterocycles. The number of nitrogens with zero attached hydrogens (tertiary/aromatic N) is 5. The van der Waals surface area contributed by atoms with Gasteiger partial charge in [-0.3, -0.25) is 4.68 Å². The van der Waals surface area contributed by atoms with Gasteiger partial charge >= 0.3 is 0 Å². The molecule has 2 heterocycles. The summed E-state index contributed by atoms with van der Waals surface area (Å²) in [5.74, 6) is 0. The highest BCUT2D eigenvalue weighted by Crippen LogP contribution is 2.21. The Morgan fingerprint density at radius 1 is 1.50 bits per heavy atom. The van der Waals surface area contributed by atoms with Gasteiger partial charge in [0.15, 0.2) is 0 Å². The van der Waals surface area contributed by atoms with Crippen LogP contribution in [0.4, 0.5) is 0 Å². The van der Waals surface area contributed by atoms with Crippen LogP contribution >= 0.6 is 11.5 Å². The van der Waals surface area contributed by atoms with Gasteiger partial charge < -0.3 is 5.73 Å². The molecule has 1 unspecified atom stereocenters. The Labute approximate surface area is 97.6 Å². The fourth-order valence-corrected chi connectivity index (χ4v) is 2.29. The molecule has 1 atom stereocenters. The second-order valence-corrected chi connectivity index (χ2v) is 4.42. The van der Waals surface area contributed by atoms with E-state index in [9.17, 15) is 0 Å².